The number of alkyl halides is 10. The highest BCUT2D eigenvalue weighted by Gasteiger charge is 2.85. The number of hydrogen-bond donors (Lipinski definition) is 1. The maximum Gasteiger partial charge on any atom is 0.384 e. The molecule has 0 aliphatic rings. The van der Waals surface area contributed by atoms with Gasteiger partial charge in [0.15, 0.2) is 0 Å². The van der Waals surface area contributed by atoms with E-state index in [1.54, 1.807) is 0 Å². The Morgan fingerprint density at radius 1 is 0.852 bits per heavy atom. The van der Waals surface area contributed by atoms with Gasteiger partial charge in [-0.3, -0.25) is 0 Å². The summed E-state index contributed by atoms with van der Waals surface area (Å²) in [6.07, 6.45) is -3.55. The molecule has 27 heavy (non-hydrogen) atoms. The Balaban J connectivity index is 5.57. The molecule has 0 bridgehead atoms. The maximum absolute atomic E-state index is 13.5. The molecule has 0 saturated heterocycles. The Labute approximate surface area is 147 Å². The van der Waals surface area contributed by atoms with Gasteiger partial charge in [-0.1, -0.05) is 6.08 Å². The van der Waals surface area contributed by atoms with Crippen LogP contribution in [0.3, 0.4) is 0 Å². The summed E-state index contributed by atoms with van der Waals surface area (Å²) in [7, 11) is 0. The van der Waals surface area contributed by atoms with Crippen molar-refractivity contribution in [3.63, 3.8) is 0 Å². The van der Waals surface area contributed by atoms with Crippen LogP contribution in [-0.2, 0) is 9.53 Å². The summed E-state index contributed by atoms with van der Waals surface area (Å²) >= 11 is 0. The van der Waals surface area contributed by atoms with E-state index in [2.05, 4.69) is 4.74 Å². The van der Waals surface area contributed by atoms with Crippen molar-refractivity contribution in [2.45, 2.75) is 56.3 Å². The number of rotatable bonds is 10. The number of carbonyl (C=O) groups excluding carboxylic acids is 1. The lowest BCUT2D eigenvalue weighted by Crippen LogP contribution is -2.67. The zero-order chi connectivity index (χ0) is 21.9. The molecule has 0 fully saturated rings. The molecule has 0 aromatic rings. The van der Waals surface area contributed by atoms with E-state index in [0.29, 0.717) is 0 Å². The first-order chi connectivity index (χ1) is 11.9. The van der Waals surface area contributed by atoms with Crippen molar-refractivity contribution < 1.29 is 58.5 Å². The molecule has 0 radical (unpaired) electrons. The normalized spacial score (nSPS) is 15.1. The highest BCUT2D eigenvalue weighted by Crippen LogP contribution is 2.58. The summed E-state index contributed by atoms with van der Waals surface area (Å²) in [6, 6.07) is 0. The number of carbonyl (C=O) groups is 1. The van der Waals surface area contributed by atoms with Crippen molar-refractivity contribution in [2.75, 3.05) is 13.2 Å². The van der Waals surface area contributed by atoms with Gasteiger partial charge in [0.05, 0.1) is 13.0 Å². The van der Waals surface area contributed by atoms with Crippen LogP contribution >= 0.6 is 0 Å². The summed E-state index contributed by atoms with van der Waals surface area (Å²) in [5.74, 6) is -34.1. The van der Waals surface area contributed by atoms with E-state index in [0.717, 1.165) is 13.0 Å². The van der Waals surface area contributed by atoms with Crippen LogP contribution < -0.4 is 0 Å². The quantitative estimate of drug-likeness (QED) is 0.322. The molecule has 160 valence electrons. The average molecular weight is 422 g/mol. The lowest BCUT2D eigenvalue weighted by Gasteiger charge is -2.39. The second-order valence-corrected chi connectivity index (χ2v) is 5.46. The van der Waals surface area contributed by atoms with E-state index in [-0.39, 0.29) is 5.57 Å². The van der Waals surface area contributed by atoms with E-state index in [1.165, 1.54) is 6.92 Å². The van der Waals surface area contributed by atoms with Gasteiger partial charge in [0.1, 0.15) is 0 Å². The van der Waals surface area contributed by atoms with E-state index in [1.807, 2.05) is 0 Å². The third-order valence-corrected chi connectivity index (χ3v) is 3.54. The molecule has 0 aromatic heterocycles. The standard InChI is InChI=1S/C14H16F10O3/c1-3-8(2)9(26)27-7-5-11(17,18)13(21,22)14(23,24)12(19,20)10(15,16)4-6-25/h3,25H,4-7H2,1-2H3. The van der Waals surface area contributed by atoms with Crippen LogP contribution in [0.5, 0.6) is 0 Å². The van der Waals surface area contributed by atoms with Crippen LogP contribution in [0.25, 0.3) is 0 Å². The summed E-state index contributed by atoms with van der Waals surface area (Å²) in [6.45, 7) is -0.885. The van der Waals surface area contributed by atoms with Gasteiger partial charge in [-0.2, -0.15) is 43.9 Å². The molecule has 0 unspecified atom stereocenters. The monoisotopic (exact) mass is 422 g/mol. The molecule has 0 atom stereocenters. The van der Waals surface area contributed by atoms with Crippen LogP contribution in [0.15, 0.2) is 11.6 Å². The number of allylic oxidation sites excluding steroid dienone is 1. The van der Waals surface area contributed by atoms with Gasteiger partial charge in [-0.25, -0.2) is 4.79 Å². The fourth-order valence-electron chi connectivity index (χ4n) is 1.61. The van der Waals surface area contributed by atoms with Crippen molar-refractivity contribution in [2.24, 2.45) is 0 Å². The number of esters is 1. The maximum atomic E-state index is 13.5. The van der Waals surface area contributed by atoms with Crippen LogP contribution in [0.1, 0.15) is 26.7 Å². The molecule has 0 saturated carbocycles. The molecule has 0 rings (SSSR count). The fourth-order valence-corrected chi connectivity index (χ4v) is 1.61. The molecule has 0 aliphatic heterocycles. The van der Waals surface area contributed by atoms with Crippen molar-refractivity contribution in [3.8, 4) is 0 Å². The zero-order valence-electron chi connectivity index (χ0n) is 13.9. The first-order valence-electron chi connectivity index (χ1n) is 7.23. The third-order valence-electron chi connectivity index (χ3n) is 3.54. The van der Waals surface area contributed by atoms with Crippen molar-refractivity contribution in [1.29, 1.82) is 0 Å². The van der Waals surface area contributed by atoms with Gasteiger partial charge >= 0.3 is 35.6 Å². The topological polar surface area (TPSA) is 46.5 Å². The third kappa shape index (κ3) is 4.66. The molecule has 0 heterocycles. The van der Waals surface area contributed by atoms with Gasteiger partial charge in [0, 0.05) is 18.6 Å². The first-order valence-corrected chi connectivity index (χ1v) is 7.23. The van der Waals surface area contributed by atoms with E-state index >= 15 is 0 Å². The van der Waals surface area contributed by atoms with Crippen LogP contribution in [0.4, 0.5) is 43.9 Å². The van der Waals surface area contributed by atoms with Gasteiger partial charge < -0.3 is 9.84 Å². The lowest BCUT2D eigenvalue weighted by atomic mass is 9.92. The molecule has 0 aliphatic carbocycles. The summed E-state index contributed by atoms with van der Waals surface area (Å²) in [4.78, 5) is 11.2. The van der Waals surface area contributed by atoms with Gasteiger partial charge in [-0.05, 0) is 13.8 Å². The Morgan fingerprint density at radius 2 is 1.26 bits per heavy atom. The number of ether oxygens (including phenoxy) is 1. The van der Waals surface area contributed by atoms with Crippen molar-refractivity contribution in [1.82, 2.24) is 0 Å². The highest BCUT2D eigenvalue weighted by molar-refractivity contribution is 5.87. The highest BCUT2D eigenvalue weighted by atomic mass is 19.4. The summed E-state index contributed by atoms with van der Waals surface area (Å²) in [5.41, 5.74) is -0.148. The Morgan fingerprint density at radius 3 is 1.63 bits per heavy atom. The molecule has 0 amide bonds. The Kier molecular flexibility index (Phi) is 7.76. The van der Waals surface area contributed by atoms with E-state index < -0.39 is 61.6 Å². The van der Waals surface area contributed by atoms with Crippen LogP contribution in [-0.4, -0.2) is 53.9 Å². The molecule has 0 aromatic carbocycles. The molecule has 13 heteroatoms. The van der Waals surface area contributed by atoms with Gasteiger partial charge in [0.2, 0.25) is 0 Å². The average Bonchev–Trinajstić information content (AvgIpc) is 2.52. The number of aliphatic hydroxyl groups excluding tert-OH is 1. The first kappa shape index (κ1) is 25.5. The minimum atomic E-state index is -7.19. The SMILES string of the molecule is CC=C(C)C(=O)OCCC(F)(F)C(F)(F)C(F)(F)C(F)(F)C(F)(F)CCO. The summed E-state index contributed by atoms with van der Waals surface area (Å²) in [5, 5.41) is 8.18. The smallest absolute Gasteiger partial charge is 0.384 e. The van der Waals surface area contributed by atoms with E-state index in [4.69, 9.17) is 5.11 Å². The number of halogens is 10. The minimum absolute atomic E-state index is 0.148. The molecule has 3 nitrogen and oxygen atoms in total. The zero-order valence-corrected chi connectivity index (χ0v) is 13.9. The van der Waals surface area contributed by atoms with Crippen molar-refractivity contribution in [3.05, 3.63) is 11.6 Å². The predicted molar refractivity (Wildman–Crippen MR) is 71.4 cm³/mol. The number of hydrogen-bond acceptors (Lipinski definition) is 3. The Bertz CT molecular complexity index is 557. The minimum Gasteiger partial charge on any atom is -0.462 e. The molecular formula is C14H16F10O3. The summed E-state index contributed by atoms with van der Waals surface area (Å²) < 4.78 is 137. The van der Waals surface area contributed by atoms with E-state index in [9.17, 15) is 48.7 Å². The second-order valence-electron chi connectivity index (χ2n) is 5.46. The second kappa shape index (κ2) is 8.23. The van der Waals surface area contributed by atoms with Crippen LogP contribution in [0, 0.1) is 0 Å². The van der Waals surface area contributed by atoms with Gasteiger partial charge in [0.25, 0.3) is 0 Å². The molecule has 1 N–H and O–H groups in total. The van der Waals surface area contributed by atoms with Crippen molar-refractivity contribution >= 4 is 5.97 Å². The Hall–Kier alpha value is -1.53. The largest absolute Gasteiger partial charge is 0.462 e. The lowest BCUT2D eigenvalue weighted by molar-refractivity contribution is -0.403. The number of aliphatic hydroxyl groups is 1. The molecular weight excluding hydrogens is 406 g/mol. The fraction of sp³-hybridized carbons (Fsp3) is 0.786. The van der Waals surface area contributed by atoms with Crippen LogP contribution in [0.2, 0.25) is 0 Å². The van der Waals surface area contributed by atoms with Gasteiger partial charge in [-0.15, -0.1) is 0 Å². The molecule has 0 spiro atoms. The predicted octanol–water partition coefficient (Wildman–Crippen LogP) is 4.44.